The van der Waals surface area contributed by atoms with Crippen LogP contribution in [-0.2, 0) is 18.3 Å². The number of nitrogens with zero attached hydrogens (tertiary/aromatic N) is 1. The summed E-state index contributed by atoms with van der Waals surface area (Å²) >= 11 is 0. The number of benzene rings is 9. The molecular formula is C60H47N. The van der Waals surface area contributed by atoms with E-state index in [4.69, 9.17) is 0 Å². The van der Waals surface area contributed by atoms with E-state index in [1.807, 2.05) is 0 Å². The average Bonchev–Trinajstić information content (AvgIpc) is 3.62. The van der Waals surface area contributed by atoms with Gasteiger partial charge in [-0.05, 0) is 147 Å². The Morgan fingerprint density at radius 1 is 0.361 bits per heavy atom. The molecule has 0 saturated carbocycles. The summed E-state index contributed by atoms with van der Waals surface area (Å²) in [5.74, 6) is 0. The minimum Gasteiger partial charge on any atom is -0.310 e. The SMILES string of the molecule is Cc1cc2c(cc1-c1cc3c(cc1N(c1ccc(-c4ccccc4)cc1)c1ccc(-c4ccccc4)cc1)C(c1ccccc1)(c1ccccc1)c1ccccc1-3)CCCC2. The molecule has 0 atom stereocenters. The van der Waals surface area contributed by atoms with Crippen LogP contribution in [0.5, 0.6) is 0 Å². The lowest BCUT2D eigenvalue weighted by molar-refractivity contribution is 0.685. The molecule has 0 unspecified atom stereocenters. The molecule has 0 amide bonds. The zero-order valence-electron chi connectivity index (χ0n) is 34.6. The van der Waals surface area contributed by atoms with Gasteiger partial charge in [0, 0.05) is 16.9 Å². The first-order valence-corrected chi connectivity index (χ1v) is 21.8. The molecule has 0 saturated heterocycles. The summed E-state index contributed by atoms with van der Waals surface area (Å²) < 4.78 is 0. The second-order valence-corrected chi connectivity index (χ2v) is 16.7. The normalized spacial score (nSPS) is 13.5. The van der Waals surface area contributed by atoms with Crippen LogP contribution in [0.15, 0.2) is 218 Å². The number of aryl methyl sites for hydroxylation is 3. The molecule has 0 spiro atoms. The molecule has 2 aliphatic rings. The number of fused-ring (bicyclic) bond motifs is 4. The first kappa shape index (κ1) is 36.8. The van der Waals surface area contributed by atoms with Gasteiger partial charge in [0.1, 0.15) is 0 Å². The van der Waals surface area contributed by atoms with E-state index in [9.17, 15) is 0 Å². The van der Waals surface area contributed by atoms with Crippen LogP contribution in [0.3, 0.4) is 0 Å². The summed E-state index contributed by atoms with van der Waals surface area (Å²) in [6, 6.07) is 81.3. The van der Waals surface area contributed by atoms with E-state index >= 15 is 0 Å². The zero-order chi connectivity index (χ0) is 40.8. The molecule has 1 nitrogen and oxygen atoms in total. The Bertz CT molecular complexity index is 2860. The van der Waals surface area contributed by atoms with Crippen molar-refractivity contribution in [3.05, 3.63) is 257 Å². The van der Waals surface area contributed by atoms with Crippen molar-refractivity contribution >= 4 is 17.1 Å². The predicted molar refractivity (Wildman–Crippen MR) is 256 cm³/mol. The molecule has 11 rings (SSSR count). The minimum atomic E-state index is -0.535. The predicted octanol–water partition coefficient (Wildman–Crippen LogP) is 15.7. The van der Waals surface area contributed by atoms with Crippen molar-refractivity contribution in [1.29, 1.82) is 0 Å². The Labute approximate surface area is 360 Å². The Kier molecular flexibility index (Phi) is 9.31. The lowest BCUT2D eigenvalue weighted by atomic mass is 9.67. The third-order valence-corrected chi connectivity index (χ3v) is 13.3. The summed E-state index contributed by atoms with van der Waals surface area (Å²) in [5, 5.41) is 0. The fourth-order valence-electron chi connectivity index (χ4n) is 10.4. The van der Waals surface area contributed by atoms with Crippen LogP contribution in [0, 0.1) is 6.92 Å². The van der Waals surface area contributed by atoms with Gasteiger partial charge in [-0.2, -0.15) is 0 Å². The van der Waals surface area contributed by atoms with Gasteiger partial charge in [-0.15, -0.1) is 0 Å². The molecule has 0 bridgehead atoms. The highest BCUT2D eigenvalue weighted by Crippen LogP contribution is 2.59. The van der Waals surface area contributed by atoms with Crippen LogP contribution >= 0.6 is 0 Å². The summed E-state index contributed by atoms with van der Waals surface area (Å²) in [4.78, 5) is 2.52. The molecule has 0 aromatic heterocycles. The van der Waals surface area contributed by atoms with Crippen molar-refractivity contribution < 1.29 is 0 Å². The Hall–Kier alpha value is -7.22. The summed E-state index contributed by atoms with van der Waals surface area (Å²) in [6.07, 6.45) is 4.79. The topological polar surface area (TPSA) is 3.24 Å². The van der Waals surface area contributed by atoms with Gasteiger partial charge in [-0.25, -0.2) is 0 Å². The molecule has 9 aromatic carbocycles. The van der Waals surface area contributed by atoms with Crippen molar-refractivity contribution in [2.45, 2.75) is 38.0 Å². The molecule has 2 aliphatic carbocycles. The van der Waals surface area contributed by atoms with Gasteiger partial charge >= 0.3 is 0 Å². The number of rotatable bonds is 8. The van der Waals surface area contributed by atoms with Crippen LogP contribution in [-0.4, -0.2) is 0 Å². The van der Waals surface area contributed by atoms with Gasteiger partial charge in [-0.1, -0.05) is 182 Å². The molecule has 1 heteroatoms. The van der Waals surface area contributed by atoms with Crippen LogP contribution in [0.2, 0.25) is 0 Å². The first-order valence-electron chi connectivity index (χ1n) is 21.8. The summed E-state index contributed by atoms with van der Waals surface area (Å²) in [6.45, 7) is 2.32. The Balaban J connectivity index is 1.23. The van der Waals surface area contributed by atoms with Gasteiger partial charge in [-0.3, -0.25) is 0 Å². The molecule has 292 valence electrons. The molecule has 0 fully saturated rings. The summed E-state index contributed by atoms with van der Waals surface area (Å²) in [7, 11) is 0. The maximum Gasteiger partial charge on any atom is 0.0714 e. The van der Waals surface area contributed by atoms with Gasteiger partial charge in [0.2, 0.25) is 0 Å². The standard InChI is InChI=1S/C60H47N/c1-42-38-47-22-14-15-23-48(47)39-54(42)56-40-55-53-28-16-17-29-57(53)60(49-24-10-4-11-25-49,50-26-12-5-13-27-50)58(55)41-59(56)61(51-34-30-45(31-35-51)43-18-6-2-7-19-43)52-36-32-46(33-37-52)44-20-8-3-9-21-44/h2-13,16-21,24-41H,14-15,22-23H2,1H3. The van der Waals surface area contributed by atoms with Crippen molar-refractivity contribution in [3.8, 4) is 44.5 Å². The van der Waals surface area contributed by atoms with E-state index in [-0.39, 0.29) is 0 Å². The third-order valence-electron chi connectivity index (χ3n) is 13.3. The number of anilines is 3. The second kappa shape index (κ2) is 15.4. The highest BCUT2D eigenvalue weighted by molar-refractivity contribution is 5.97. The fourth-order valence-corrected chi connectivity index (χ4v) is 10.4. The van der Waals surface area contributed by atoms with E-state index in [0.717, 1.165) is 24.2 Å². The van der Waals surface area contributed by atoms with E-state index in [1.165, 1.54) is 102 Å². The van der Waals surface area contributed by atoms with Crippen LogP contribution in [0.4, 0.5) is 17.1 Å². The molecule has 0 heterocycles. The van der Waals surface area contributed by atoms with Crippen molar-refractivity contribution in [1.82, 2.24) is 0 Å². The molecule has 0 N–H and O–H groups in total. The molecular weight excluding hydrogens is 735 g/mol. The monoisotopic (exact) mass is 781 g/mol. The number of hydrogen-bond acceptors (Lipinski definition) is 1. The van der Waals surface area contributed by atoms with Gasteiger partial charge in [0.05, 0.1) is 11.1 Å². The highest BCUT2D eigenvalue weighted by Gasteiger charge is 2.47. The smallest absolute Gasteiger partial charge is 0.0714 e. The lowest BCUT2D eigenvalue weighted by Gasteiger charge is -2.35. The second-order valence-electron chi connectivity index (χ2n) is 16.7. The van der Waals surface area contributed by atoms with E-state index < -0.39 is 5.41 Å². The molecule has 9 aromatic rings. The van der Waals surface area contributed by atoms with Crippen molar-refractivity contribution in [3.63, 3.8) is 0 Å². The minimum absolute atomic E-state index is 0.535. The fraction of sp³-hybridized carbons (Fsp3) is 0.100. The van der Waals surface area contributed by atoms with Gasteiger partial charge < -0.3 is 4.90 Å². The van der Waals surface area contributed by atoms with E-state index in [2.05, 4.69) is 230 Å². The van der Waals surface area contributed by atoms with E-state index in [1.54, 1.807) is 0 Å². The van der Waals surface area contributed by atoms with Crippen molar-refractivity contribution in [2.24, 2.45) is 0 Å². The van der Waals surface area contributed by atoms with Crippen LogP contribution < -0.4 is 4.90 Å². The summed E-state index contributed by atoms with van der Waals surface area (Å²) in [5.41, 5.74) is 22.3. The maximum atomic E-state index is 2.56. The molecule has 0 aliphatic heterocycles. The van der Waals surface area contributed by atoms with E-state index in [0.29, 0.717) is 0 Å². The van der Waals surface area contributed by atoms with Gasteiger partial charge in [0.15, 0.2) is 0 Å². The first-order chi connectivity index (χ1) is 30.2. The largest absolute Gasteiger partial charge is 0.310 e. The average molecular weight is 782 g/mol. The Morgan fingerprint density at radius 3 is 1.36 bits per heavy atom. The van der Waals surface area contributed by atoms with Crippen LogP contribution in [0.25, 0.3) is 44.5 Å². The lowest BCUT2D eigenvalue weighted by Crippen LogP contribution is -2.28. The molecule has 0 radical (unpaired) electrons. The van der Waals surface area contributed by atoms with Crippen molar-refractivity contribution in [2.75, 3.05) is 4.90 Å². The molecule has 61 heavy (non-hydrogen) atoms. The highest BCUT2D eigenvalue weighted by atomic mass is 15.1. The third kappa shape index (κ3) is 6.32. The van der Waals surface area contributed by atoms with Gasteiger partial charge in [0.25, 0.3) is 0 Å². The zero-order valence-corrected chi connectivity index (χ0v) is 34.6. The Morgan fingerprint density at radius 2 is 0.820 bits per heavy atom. The number of hydrogen-bond donors (Lipinski definition) is 0. The quantitative estimate of drug-likeness (QED) is 0.148. The van der Waals surface area contributed by atoms with Crippen LogP contribution in [0.1, 0.15) is 51.8 Å². The maximum absolute atomic E-state index is 2.56.